The molecule has 0 bridgehead atoms. The van der Waals surface area contributed by atoms with Crippen LogP contribution >= 0.6 is 0 Å². The Morgan fingerprint density at radius 1 is 1.04 bits per heavy atom. The van der Waals surface area contributed by atoms with Gasteiger partial charge in [-0.05, 0) is 23.1 Å². The van der Waals surface area contributed by atoms with E-state index in [-0.39, 0.29) is 17.2 Å². The van der Waals surface area contributed by atoms with Crippen LogP contribution in [-0.4, -0.2) is 43.6 Å². The monoisotopic (exact) mass is 348 g/mol. The second kappa shape index (κ2) is 7.27. The zero-order valence-corrected chi connectivity index (χ0v) is 14.2. The molecule has 0 spiro atoms. The minimum atomic E-state index is -4.48. The second-order valence-corrected chi connectivity index (χ2v) is 7.09. The van der Waals surface area contributed by atoms with Gasteiger partial charge in [-0.15, -0.1) is 0 Å². The number of benzene rings is 1. The van der Waals surface area contributed by atoms with Crippen molar-refractivity contribution >= 4 is 0 Å². The fraction of sp³-hybridized carbons (Fsp3) is 0.647. The third kappa shape index (κ3) is 4.60. The van der Waals surface area contributed by atoms with Crippen molar-refractivity contribution in [2.24, 2.45) is 5.41 Å². The topological polar surface area (TPSA) is 24.5 Å². The number of alkyl halides is 4. The summed E-state index contributed by atoms with van der Waals surface area (Å²) in [6.45, 7) is 9.94. The standard InChI is InChI=1S/C17H24F4N2O/c1-16(2,3)14(23-10-8-22-9-11-23)12-4-6-13(7-5-12)24-17(20,21)15(18)19/h4-7,14-15,22H,8-11H2,1-3H3/t14-/m0/s1. The first kappa shape index (κ1) is 19.0. The van der Waals surface area contributed by atoms with Crippen LogP contribution in [0.4, 0.5) is 17.6 Å². The van der Waals surface area contributed by atoms with Crippen LogP contribution in [0, 0.1) is 5.41 Å². The van der Waals surface area contributed by atoms with Crippen LogP contribution in [0.1, 0.15) is 32.4 Å². The number of ether oxygens (including phenoxy) is 1. The quantitative estimate of drug-likeness (QED) is 0.817. The van der Waals surface area contributed by atoms with Crippen molar-refractivity contribution < 1.29 is 22.3 Å². The molecule has 0 saturated carbocycles. The third-order valence-electron chi connectivity index (χ3n) is 4.04. The molecular formula is C17H24F4N2O. The lowest BCUT2D eigenvalue weighted by Gasteiger charge is -2.42. The Bertz CT molecular complexity index is 522. The molecule has 1 saturated heterocycles. The van der Waals surface area contributed by atoms with E-state index in [9.17, 15) is 17.6 Å². The van der Waals surface area contributed by atoms with Gasteiger partial charge in [0, 0.05) is 32.2 Å². The molecule has 1 fully saturated rings. The van der Waals surface area contributed by atoms with Crippen LogP contribution in [0.3, 0.4) is 0 Å². The summed E-state index contributed by atoms with van der Waals surface area (Å²) in [5.74, 6) is -0.267. The normalized spacial score (nSPS) is 18.7. The SMILES string of the molecule is CC(C)(C)[C@H](c1ccc(OC(F)(F)C(F)F)cc1)N1CCNCC1. The van der Waals surface area contributed by atoms with E-state index in [2.05, 4.69) is 35.7 Å². The molecule has 1 aliphatic heterocycles. The molecule has 136 valence electrons. The number of hydrogen-bond donors (Lipinski definition) is 1. The van der Waals surface area contributed by atoms with Gasteiger partial charge in [0.15, 0.2) is 0 Å². The van der Waals surface area contributed by atoms with Gasteiger partial charge in [0.1, 0.15) is 5.75 Å². The Morgan fingerprint density at radius 3 is 2.04 bits per heavy atom. The van der Waals surface area contributed by atoms with Crippen molar-refractivity contribution in [2.45, 2.75) is 39.3 Å². The van der Waals surface area contributed by atoms with Crippen LogP contribution in [0.25, 0.3) is 0 Å². The first-order chi connectivity index (χ1) is 11.1. The lowest BCUT2D eigenvalue weighted by atomic mass is 9.81. The molecular weight excluding hydrogens is 324 g/mol. The number of rotatable bonds is 5. The summed E-state index contributed by atoms with van der Waals surface area (Å²) < 4.78 is 54.5. The summed E-state index contributed by atoms with van der Waals surface area (Å²) in [6.07, 6.45) is -8.34. The van der Waals surface area contributed by atoms with Crippen molar-refractivity contribution in [1.82, 2.24) is 10.2 Å². The third-order valence-corrected chi connectivity index (χ3v) is 4.04. The largest absolute Gasteiger partial charge is 0.461 e. The zero-order valence-electron chi connectivity index (χ0n) is 14.2. The van der Waals surface area contributed by atoms with Crippen LogP contribution in [-0.2, 0) is 0 Å². The number of nitrogens with one attached hydrogen (secondary N) is 1. The van der Waals surface area contributed by atoms with Gasteiger partial charge in [-0.1, -0.05) is 32.9 Å². The summed E-state index contributed by atoms with van der Waals surface area (Å²) in [7, 11) is 0. The van der Waals surface area contributed by atoms with Crippen LogP contribution in [0.15, 0.2) is 24.3 Å². The summed E-state index contributed by atoms with van der Waals surface area (Å²) in [6, 6.07) is 6.10. The van der Waals surface area contributed by atoms with Crippen LogP contribution in [0.2, 0.25) is 0 Å². The Labute approximate surface area is 140 Å². The summed E-state index contributed by atoms with van der Waals surface area (Å²) >= 11 is 0. The Balaban J connectivity index is 2.19. The molecule has 1 atom stereocenters. The van der Waals surface area contributed by atoms with E-state index in [1.165, 1.54) is 12.1 Å². The average Bonchev–Trinajstić information content (AvgIpc) is 2.48. The maximum Gasteiger partial charge on any atom is 0.461 e. The molecule has 0 aliphatic carbocycles. The number of halogens is 4. The molecule has 0 aromatic heterocycles. The predicted octanol–water partition coefficient (Wildman–Crippen LogP) is 3.92. The second-order valence-electron chi connectivity index (χ2n) is 7.09. The molecule has 2 rings (SSSR count). The lowest BCUT2D eigenvalue weighted by Crippen LogP contribution is -2.48. The summed E-state index contributed by atoms with van der Waals surface area (Å²) in [5.41, 5.74) is 0.893. The van der Waals surface area contributed by atoms with Crippen molar-refractivity contribution in [2.75, 3.05) is 26.2 Å². The predicted molar refractivity (Wildman–Crippen MR) is 84.7 cm³/mol. The molecule has 1 aromatic rings. The zero-order chi connectivity index (χ0) is 18.0. The van der Waals surface area contributed by atoms with Crippen LogP contribution in [0.5, 0.6) is 5.75 Å². The van der Waals surface area contributed by atoms with Crippen molar-refractivity contribution in [3.63, 3.8) is 0 Å². The molecule has 0 radical (unpaired) electrons. The van der Waals surface area contributed by atoms with Gasteiger partial charge in [0.05, 0.1) is 0 Å². The van der Waals surface area contributed by atoms with Gasteiger partial charge in [-0.3, -0.25) is 4.90 Å². The summed E-state index contributed by atoms with van der Waals surface area (Å²) in [5, 5.41) is 3.30. The first-order valence-corrected chi connectivity index (χ1v) is 8.01. The van der Waals surface area contributed by atoms with E-state index in [1.54, 1.807) is 12.1 Å². The smallest absolute Gasteiger partial charge is 0.428 e. The van der Waals surface area contributed by atoms with Gasteiger partial charge in [-0.25, -0.2) is 0 Å². The van der Waals surface area contributed by atoms with Gasteiger partial charge < -0.3 is 10.1 Å². The Kier molecular flexibility index (Phi) is 5.75. The number of piperazine rings is 1. The maximum absolute atomic E-state index is 13.0. The summed E-state index contributed by atoms with van der Waals surface area (Å²) in [4.78, 5) is 2.35. The maximum atomic E-state index is 13.0. The highest BCUT2D eigenvalue weighted by molar-refractivity contribution is 5.30. The highest BCUT2D eigenvalue weighted by atomic mass is 19.3. The van der Waals surface area contributed by atoms with Crippen molar-refractivity contribution in [1.29, 1.82) is 0 Å². The van der Waals surface area contributed by atoms with Crippen LogP contribution < -0.4 is 10.1 Å². The Hall–Kier alpha value is -1.34. The van der Waals surface area contributed by atoms with E-state index in [0.29, 0.717) is 0 Å². The lowest BCUT2D eigenvalue weighted by molar-refractivity contribution is -0.253. The minimum absolute atomic E-state index is 0.0629. The molecule has 0 unspecified atom stereocenters. The fourth-order valence-corrected chi connectivity index (χ4v) is 3.12. The molecule has 3 nitrogen and oxygen atoms in total. The van der Waals surface area contributed by atoms with Gasteiger partial charge in [0.25, 0.3) is 0 Å². The van der Waals surface area contributed by atoms with E-state index >= 15 is 0 Å². The molecule has 1 aromatic carbocycles. The minimum Gasteiger partial charge on any atom is -0.428 e. The fourth-order valence-electron chi connectivity index (χ4n) is 3.12. The van der Waals surface area contributed by atoms with E-state index in [0.717, 1.165) is 31.7 Å². The highest BCUT2D eigenvalue weighted by Gasteiger charge is 2.44. The molecule has 1 N–H and O–H groups in total. The average molecular weight is 348 g/mol. The van der Waals surface area contributed by atoms with E-state index < -0.39 is 12.5 Å². The molecule has 1 heterocycles. The van der Waals surface area contributed by atoms with Crippen molar-refractivity contribution in [3.05, 3.63) is 29.8 Å². The van der Waals surface area contributed by atoms with Gasteiger partial charge in [0.2, 0.25) is 0 Å². The van der Waals surface area contributed by atoms with E-state index in [4.69, 9.17) is 0 Å². The molecule has 7 heteroatoms. The highest BCUT2D eigenvalue weighted by Crippen LogP contribution is 2.39. The van der Waals surface area contributed by atoms with Gasteiger partial charge in [-0.2, -0.15) is 17.6 Å². The molecule has 0 amide bonds. The Morgan fingerprint density at radius 2 is 1.58 bits per heavy atom. The van der Waals surface area contributed by atoms with Crippen molar-refractivity contribution in [3.8, 4) is 5.75 Å². The molecule has 1 aliphatic rings. The van der Waals surface area contributed by atoms with E-state index in [1.807, 2.05) is 0 Å². The number of nitrogens with zero attached hydrogens (tertiary/aromatic N) is 1. The van der Waals surface area contributed by atoms with Gasteiger partial charge >= 0.3 is 12.5 Å². The first-order valence-electron chi connectivity index (χ1n) is 8.01. The number of hydrogen-bond acceptors (Lipinski definition) is 3. The molecule has 24 heavy (non-hydrogen) atoms.